The predicted molar refractivity (Wildman–Crippen MR) is 173 cm³/mol. The van der Waals surface area contributed by atoms with Gasteiger partial charge in [0.2, 0.25) is 6.41 Å². The van der Waals surface area contributed by atoms with Crippen molar-refractivity contribution in [2.75, 3.05) is 20.1 Å². The molecular formula is C33H61N5O3. The van der Waals surface area contributed by atoms with Crippen LogP contribution in [0, 0.1) is 23.2 Å². The lowest BCUT2D eigenvalue weighted by molar-refractivity contribution is -0.116. The summed E-state index contributed by atoms with van der Waals surface area (Å²) in [5.41, 5.74) is 0.868. The van der Waals surface area contributed by atoms with E-state index in [1.807, 2.05) is 27.8 Å². The van der Waals surface area contributed by atoms with Gasteiger partial charge in [0.25, 0.3) is 0 Å². The number of carbonyl (C=O) groups is 2. The molecule has 0 spiro atoms. The van der Waals surface area contributed by atoms with Crippen molar-refractivity contribution in [3.63, 3.8) is 0 Å². The molecule has 236 valence electrons. The van der Waals surface area contributed by atoms with E-state index in [0.717, 1.165) is 44.2 Å². The fourth-order valence-electron chi connectivity index (χ4n) is 5.61. The van der Waals surface area contributed by atoms with Crippen molar-refractivity contribution in [2.45, 2.75) is 117 Å². The number of amides is 1. The number of allylic oxidation sites excluding steroid dienone is 1. The van der Waals surface area contributed by atoms with Gasteiger partial charge in [0.15, 0.2) is 11.7 Å². The molecule has 5 unspecified atom stereocenters. The summed E-state index contributed by atoms with van der Waals surface area (Å²) in [5, 5.41) is 18.9. The highest BCUT2D eigenvalue weighted by Crippen LogP contribution is 2.33. The Balaban J connectivity index is 0.00000205. The molecule has 41 heavy (non-hydrogen) atoms. The number of rotatable bonds is 19. The molecule has 0 aromatic carbocycles. The predicted octanol–water partition coefficient (Wildman–Crippen LogP) is 5.86. The van der Waals surface area contributed by atoms with Crippen LogP contribution < -0.4 is 21.3 Å². The van der Waals surface area contributed by atoms with E-state index in [9.17, 15) is 9.59 Å². The van der Waals surface area contributed by atoms with Gasteiger partial charge in [0.05, 0.1) is 6.04 Å². The second kappa shape index (κ2) is 24.0. The molecule has 0 aliphatic heterocycles. The highest BCUT2D eigenvalue weighted by atomic mass is 16.5. The number of hydrogen-bond donors (Lipinski definition) is 5. The Bertz CT molecular complexity index is 766. The van der Waals surface area contributed by atoms with E-state index in [-0.39, 0.29) is 29.9 Å². The average molecular weight is 576 g/mol. The first-order valence-corrected chi connectivity index (χ1v) is 15.8. The minimum Gasteiger partial charge on any atom is -0.476 e. The summed E-state index contributed by atoms with van der Waals surface area (Å²) in [6.07, 6.45) is 15.9. The molecule has 0 radical (unpaired) electrons. The molecule has 2 fully saturated rings. The second-order valence-corrected chi connectivity index (χ2v) is 11.1. The lowest BCUT2D eigenvalue weighted by Crippen LogP contribution is -2.41. The highest BCUT2D eigenvalue weighted by molar-refractivity contribution is 5.93. The van der Waals surface area contributed by atoms with Crippen LogP contribution in [0.5, 0.6) is 0 Å². The van der Waals surface area contributed by atoms with E-state index >= 15 is 0 Å². The molecule has 8 nitrogen and oxygen atoms in total. The maximum Gasteiger partial charge on any atom is 0.207 e. The van der Waals surface area contributed by atoms with Crippen LogP contribution in [0.15, 0.2) is 37.4 Å². The van der Waals surface area contributed by atoms with Gasteiger partial charge < -0.3 is 31.4 Å². The van der Waals surface area contributed by atoms with Crippen LogP contribution >= 0.6 is 0 Å². The van der Waals surface area contributed by atoms with Gasteiger partial charge in [-0.1, -0.05) is 53.2 Å². The normalized spacial score (nSPS) is 20.3. The van der Waals surface area contributed by atoms with Crippen molar-refractivity contribution < 1.29 is 14.3 Å². The number of carbonyl (C=O) groups excluding carboxylic acids is 2. The number of nitrogens with one attached hydrogen (secondary N) is 5. The number of ether oxygens (including phenoxy) is 1. The molecular weight excluding hydrogens is 514 g/mol. The zero-order valence-corrected chi connectivity index (χ0v) is 26.7. The topological polar surface area (TPSA) is 115 Å². The Morgan fingerprint density at radius 3 is 2.29 bits per heavy atom. The zero-order valence-electron chi connectivity index (χ0n) is 26.7. The highest BCUT2D eigenvalue weighted by Gasteiger charge is 2.30. The summed E-state index contributed by atoms with van der Waals surface area (Å²) in [5.74, 6) is 2.08. The summed E-state index contributed by atoms with van der Waals surface area (Å²) in [7, 11) is 1.81. The maximum atomic E-state index is 12.1. The number of ketones is 1. The van der Waals surface area contributed by atoms with Gasteiger partial charge in [-0.3, -0.25) is 9.59 Å². The van der Waals surface area contributed by atoms with Crippen molar-refractivity contribution in [1.29, 1.82) is 5.41 Å². The second-order valence-electron chi connectivity index (χ2n) is 11.1. The fraction of sp³-hybridized carbons (Fsp3) is 0.727. The lowest BCUT2D eigenvalue weighted by atomic mass is 9.79. The van der Waals surface area contributed by atoms with E-state index in [0.29, 0.717) is 30.8 Å². The standard InChI is InChI=1S/C28H47N3O3.C3H8N2.C2H6/c1-6-28(33)22(4)30-21(3)25(13-10-16-29-19-32)18-27(24-11-8-7-9-12-24)31-23(5)34-26-15-14-20(2)17-26;1-5-3-2-4;1-2/h6,19-20,22,24-27,30-31H,1,3,5,7-18H2,2,4H3,(H,29,32);2,4-5H,3H2,1H3;1-2H3. The molecule has 0 saturated heterocycles. The van der Waals surface area contributed by atoms with Crippen LogP contribution in [0.3, 0.4) is 0 Å². The first-order chi connectivity index (χ1) is 19.7. The van der Waals surface area contributed by atoms with E-state index in [2.05, 4.69) is 47.9 Å². The Kier molecular flexibility index (Phi) is 22.5. The van der Waals surface area contributed by atoms with Crippen LogP contribution in [0.4, 0.5) is 0 Å². The Morgan fingerprint density at radius 2 is 1.78 bits per heavy atom. The SMILES string of the molecule is C=CC(=O)C(C)NC(=C)C(CCCNC=O)CC(NC(=C)OC1CCC(C)C1)C1CCCCC1.CC.CNCC=N. The minimum atomic E-state index is -0.357. The molecule has 0 aromatic heterocycles. The van der Waals surface area contributed by atoms with E-state index < -0.39 is 0 Å². The zero-order chi connectivity index (χ0) is 31.0. The van der Waals surface area contributed by atoms with Gasteiger partial charge >= 0.3 is 0 Å². The molecule has 0 bridgehead atoms. The van der Waals surface area contributed by atoms with Crippen LogP contribution in [0.1, 0.15) is 98.3 Å². The van der Waals surface area contributed by atoms with Gasteiger partial charge in [-0.15, -0.1) is 0 Å². The third-order valence-corrected chi connectivity index (χ3v) is 7.85. The van der Waals surface area contributed by atoms with Gasteiger partial charge in [-0.05, 0) is 89.8 Å². The smallest absolute Gasteiger partial charge is 0.207 e. The van der Waals surface area contributed by atoms with E-state index in [1.165, 1.54) is 50.8 Å². The molecule has 5 atom stereocenters. The lowest BCUT2D eigenvalue weighted by Gasteiger charge is -2.36. The van der Waals surface area contributed by atoms with Crippen molar-refractivity contribution in [3.05, 3.63) is 37.4 Å². The molecule has 2 aliphatic carbocycles. The molecule has 0 heterocycles. The average Bonchev–Trinajstić information content (AvgIpc) is 3.39. The maximum absolute atomic E-state index is 12.1. The van der Waals surface area contributed by atoms with Gasteiger partial charge in [0.1, 0.15) is 6.10 Å². The van der Waals surface area contributed by atoms with Crippen molar-refractivity contribution in [1.82, 2.24) is 21.3 Å². The molecule has 0 aromatic rings. The minimum absolute atomic E-state index is 0.0444. The van der Waals surface area contributed by atoms with Crippen LogP contribution in [0.2, 0.25) is 0 Å². The molecule has 5 N–H and O–H groups in total. The summed E-state index contributed by atoms with van der Waals surface area (Å²) in [4.78, 5) is 22.7. The van der Waals surface area contributed by atoms with Crippen LogP contribution in [0.25, 0.3) is 0 Å². The Morgan fingerprint density at radius 1 is 1.10 bits per heavy atom. The molecule has 8 heteroatoms. The van der Waals surface area contributed by atoms with Crippen LogP contribution in [-0.4, -0.2) is 56.7 Å². The first kappa shape index (κ1) is 38.4. The largest absolute Gasteiger partial charge is 0.476 e. The van der Waals surface area contributed by atoms with Gasteiger partial charge in [0, 0.05) is 37.0 Å². The third-order valence-electron chi connectivity index (χ3n) is 7.85. The molecule has 2 saturated carbocycles. The van der Waals surface area contributed by atoms with Crippen LogP contribution in [-0.2, 0) is 14.3 Å². The summed E-state index contributed by atoms with van der Waals surface area (Å²) < 4.78 is 6.22. The Hall–Kier alpha value is -2.61. The van der Waals surface area contributed by atoms with Crippen molar-refractivity contribution >= 4 is 18.4 Å². The summed E-state index contributed by atoms with van der Waals surface area (Å²) >= 11 is 0. The van der Waals surface area contributed by atoms with Gasteiger partial charge in [-0.2, -0.15) is 0 Å². The summed E-state index contributed by atoms with van der Waals surface area (Å²) in [6, 6.07) is -0.121. The monoisotopic (exact) mass is 575 g/mol. The third kappa shape index (κ3) is 17.1. The van der Waals surface area contributed by atoms with Crippen molar-refractivity contribution in [3.8, 4) is 0 Å². The number of hydrogen-bond acceptors (Lipinski definition) is 7. The van der Waals surface area contributed by atoms with Crippen molar-refractivity contribution in [2.24, 2.45) is 17.8 Å². The molecule has 1 amide bonds. The molecule has 2 rings (SSSR count). The van der Waals surface area contributed by atoms with Gasteiger partial charge in [-0.25, -0.2) is 0 Å². The fourth-order valence-corrected chi connectivity index (χ4v) is 5.61. The Labute approximate surface area is 251 Å². The quantitative estimate of drug-likeness (QED) is 0.0433. The molecule has 2 aliphatic rings. The summed E-state index contributed by atoms with van der Waals surface area (Å²) in [6.45, 7) is 21.6. The van der Waals surface area contributed by atoms with E-state index in [4.69, 9.17) is 10.1 Å². The first-order valence-electron chi connectivity index (χ1n) is 15.8. The van der Waals surface area contributed by atoms with E-state index in [1.54, 1.807) is 0 Å².